The molecule has 0 saturated heterocycles. The highest BCUT2D eigenvalue weighted by atomic mass is 32.2. The number of carbonyl (C=O) groups excluding carboxylic acids is 1. The molecule has 1 aromatic heterocycles. The van der Waals surface area contributed by atoms with Crippen molar-refractivity contribution in [3.63, 3.8) is 0 Å². The number of carbonyl (C=O) groups is 1. The quantitative estimate of drug-likeness (QED) is 0.818. The minimum absolute atomic E-state index is 0.303. The fourth-order valence-electron chi connectivity index (χ4n) is 1.92. The van der Waals surface area contributed by atoms with E-state index >= 15 is 0 Å². The molecule has 0 aliphatic heterocycles. The summed E-state index contributed by atoms with van der Waals surface area (Å²) in [6, 6.07) is 0. The number of hydrogen-bond acceptors (Lipinski definition) is 4. The van der Waals surface area contributed by atoms with Gasteiger partial charge in [0.15, 0.2) is 5.16 Å². The van der Waals surface area contributed by atoms with E-state index in [9.17, 15) is 4.79 Å². The number of aromatic nitrogens is 3. The molecule has 1 amide bonds. The zero-order valence-electron chi connectivity index (χ0n) is 10.5. The first kappa shape index (κ1) is 13.1. The smallest absolute Gasteiger partial charge is 0.217 e. The standard InChI is InChI=1S/C12H18N4OS/c1-16-11(8-7-10(13)17)14-15-12(16)18-9-5-3-2-4-6-9/h3,5,9H,2,4,6-8H2,1H3,(H2,13,17)/t9-/m1/s1. The van der Waals surface area contributed by atoms with E-state index in [4.69, 9.17) is 5.73 Å². The molecule has 1 atom stereocenters. The topological polar surface area (TPSA) is 73.8 Å². The minimum atomic E-state index is -0.303. The van der Waals surface area contributed by atoms with Gasteiger partial charge in [-0.15, -0.1) is 10.2 Å². The molecule has 2 N–H and O–H groups in total. The summed E-state index contributed by atoms with van der Waals surface area (Å²) in [6.45, 7) is 0. The molecule has 0 aromatic carbocycles. The van der Waals surface area contributed by atoms with Crippen molar-refractivity contribution < 1.29 is 4.79 Å². The summed E-state index contributed by atoms with van der Waals surface area (Å²) in [4.78, 5) is 10.8. The van der Waals surface area contributed by atoms with Crippen LogP contribution in [-0.2, 0) is 18.3 Å². The van der Waals surface area contributed by atoms with Gasteiger partial charge < -0.3 is 10.3 Å². The Balaban J connectivity index is 1.98. The molecule has 5 nitrogen and oxygen atoms in total. The normalized spacial score (nSPS) is 19.1. The summed E-state index contributed by atoms with van der Waals surface area (Å²) in [5.74, 6) is 0.513. The van der Waals surface area contributed by atoms with Crippen LogP contribution in [0.2, 0.25) is 0 Å². The first-order valence-corrected chi connectivity index (χ1v) is 7.04. The van der Waals surface area contributed by atoms with Crippen LogP contribution in [0.1, 0.15) is 31.5 Å². The molecular weight excluding hydrogens is 248 g/mol. The SMILES string of the molecule is Cn1c(CCC(N)=O)nnc1S[C@@H]1C=CCCC1. The lowest BCUT2D eigenvalue weighted by atomic mass is 10.1. The van der Waals surface area contributed by atoms with Crippen LogP contribution in [-0.4, -0.2) is 25.9 Å². The lowest BCUT2D eigenvalue weighted by molar-refractivity contribution is -0.118. The van der Waals surface area contributed by atoms with Gasteiger partial charge in [0.25, 0.3) is 0 Å². The van der Waals surface area contributed by atoms with Crippen molar-refractivity contribution in [3.8, 4) is 0 Å². The average molecular weight is 266 g/mol. The molecule has 1 aliphatic carbocycles. The first-order valence-electron chi connectivity index (χ1n) is 6.16. The zero-order valence-corrected chi connectivity index (χ0v) is 11.3. The molecule has 0 fully saturated rings. The fourth-order valence-corrected chi connectivity index (χ4v) is 3.01. The van der Waals surface area contributed by atoms with E-state index in [0.29, 0.717) is 18.1 Å². The van der Waals surface area contributed by atoms with Gasteiger partial charge in [-0.25, -0.2) is 0 Å². The monoisotopic (exact) mass is 266 g/mol. The second-order valence-electron chi connectivity index (χ2n) is 4.44. The van der Waals surface area contributed by atoms with E-state index in [0.717, 1.165) is 11.0 Å². The number of aryl methyl sites for hydroxylation is 1. The lowest BCUT2D eigenvalue weighted by Gasteiger charge is -2.14. The van der Waals surface area contributed by atoms with E-state index < -0.39 is 0 Å². The van der Waals surface area contributed by atoms with Crippen molar-refractivity contribution in [3.05, 3.63) is 18.0 Å². The van der Waals surface area contributed by atoms with Gasteiger partial charge in [0.1, 0.15) is 5.82 Å². The maximum absolute atomic E-state index is 10.8. The summed E-state index contributed by atoms with van der Waals surface area (Å²) in [5, 5.41) is 9.69. The number of thioether (sulfide) groups is 1. The molecule has 18 heavy (non-hydrogen) atoms. The summed E-state index contributed by atoms with van der Waals surface area (Å²) in [5.41, 5.74) is 5.14. The van der Waals surface area contributed by atoms with Crippen LogP contribution in [0.4, 0.5) is 0 Å². The van der Waals surface area contributed by atoms with Crippen LogP contribution in [0.3, 0.4) is 0 Å². The second kappa shape index (κ2) is 6.04. The Hall–Kier alpha value is -1.30. The van der Waals surface area contributed by atoms with Gasteiger partial charge in [-0.1, -0.05) is 23.9 Å². The van der Waals surface area contributed by atoms with Gasteiger partial charge in [-0.3, -0.25) is 4.79 Å². The van der Waals surface area contributed by atoms with Crippen LogP contribution in [0.5, 0.6) is 0 Å². The molecule has 6 heteroatoms. The van der Waals surface area contributed by atoms with Crippen molar-refractivity contribution in [2.75, 3.05) is 0 Å². The van der Waals surface area contributed by atoms with Crippen LogP contribution < -0.4 is 5.73 Å². The molecule has 0 bridgehead atoms. The zero-order chi connectivity index (χ0) is 13.0. The summed E-state index contributed by atoms with van der Waals surface area (Å²) in [7, 11) is 1.94. The molecular formula is C12H18N4OS. The van der Waals surface area contributed by atoms with E-state index in [1.807, 2.05) is 11.6 Å². The Morgan fingerprint density at radius 1 is 1.61 bits per heavy atom. The molecule has 0 unspecified atom stereocenters. The van der Waals surface area contributed by atoms with Gasteiger partial charge in [0.05, 0.1) is 0 Å². The Morgan fingerprint density at radius 3 is 3.11 bits per heavy atom. The highest BCUT2D eigenvalue weighted by molar-refractivity contribution is 7.99. The number of amides is 1. The van der Waals surface area contributed by atoms with Gasteiger partial charge in [0, 0.05) is 25.1 Å². The Morgan fingerprint density at radius 2 is 2.44 bits per heavy atom. The Bertz CT molecular complexity index is 455. The minimum Gasteiger partial charge on any atom is -0.370 e. The van der Waals surface area contributed by atoms with Crippen LogP contribution in [0.15, 0.2) is 17.3 Å². The van der Waals surface area contributed by atoms with Gasteiger partial charge in [-0.2, -0.15) is 0 Å². The van der Waals surface area contributed by atoms with Crippen molar-refractivity contribution >= 4 is 17.7 Å². The van der Waals surface area contributed by atoms with Crippen molar-refractivity contribution in [2.45, 2.75) is 42.5 Å². The van der Waals surface area contributed by atoms with Crippen LogP contribution in [0, 0.1) is 0 Å². The van der Waals surface area contributed by atoms with Crippen molar-refractivity contribution in [1.82, 2.24) is 14.8 Å². The average Bonchev–Trinajstić information content (AvgIpc) is 2.70. The number of nitrogens with zero attached hydrogens (tertiary/aromatic N) is 3. The molecule has 0 radical (unpaired) electrons. The number of primary amides is 1. The van der Waals surface area contributed by atoms with Crippen LogP contribution in [0.25, 0.3) is 0 Å². The number of nitrogens with two attached hydrogens (primary N) is 1. The highest BCUT2D eigenvalue weighted by Gasteiger charge is 2.15. The summed E-state index contributed by atoms with van der Waals surface area (Å²) >= 11 is 1.73. The lowest BCUT2D eigenvalue weighted by Crippen LogP contribution is -2.13. The van der Waals surface area contributed by atoms with Gasteiger partial charge >= 0.3 is 0 Å². The van der Waals surface area contributed by atoms with Gasteiger partial charge in [-0.05, 0) is 19.3 Å². The molecule has 2 rings (SSSR count). The molecule has 1 aromatic rings. The predicted octanol–water partition coefficient (Wildman–Crippen LogP) is 1.43. The maximum atomic E-state index is 10.8. The molecule has 0 saturated carbocycles. The third-order valence-corrected chi connectivity index (χ3v) is 4.25. The van der Waals surface area contributed by atoms with Gasteiger partial charge in [0.2, 0.25) is 5.91 Å². The summed E-state index contributed by atoms with van der Waals surface area (Å²) in [6.07, 6.45) is 8.95. The molecule has 1 heterocycles. The molecule has 0 spiro atoms. The van der Waals surface area contributed by atoms with Crippen molar-refractivity contribution in [2.24, 2.45) is 12.8 Å². The van der Waals surface area contributed by atoms with Crippen LogP contribution >= 0.6 is 11.8 Å². The third-order valence-electron chi connectivity index (χ3n) is 2.99. The molecule has 1 aliphatic rings. The highest BCUT2D eigenvalue weighted by Crippen LogP contribution is 2.28. The van der Waals surface area contributed by atoms with E-state index in [2.05, 4.69) is 22.3 Å². The van der Waals surface area contributed by atoms with Crippen molar-refractivity contribution in [1.29, 1.82) is 0 Å². The predicted molar refractivity (Wildman–Crippen MR) is 71.2 cm³/mol. The molecule has 98 valence electrons. The number of hydrogen-bond donors (Lipinski definition) is 1. The first-order chi connectivity index (χ1) is 8.66. The van der Waals surface area contributed by atoms with E-state index in [1.165, 1.54) is 19.3 Å². The number of allylic oxidation sites excluding steroid dienone is 1. The Labute approximate surface area is 111 Å². The fraction of sp³-hybridized carbons (Fsp3) is 0.583. The second-order valence-corrected chi connectivity index (χ2v) is 5.65. The largest absolute Gasteiger partial charge is 0.370 e. The third kappa shape index (κ3) is 3.35. The van der Waals surface area contributed by atoms with E-state index in [-0.39, 0.29) is 5.91 Å². The number of rotatable bonds is 5. The Kier molecular flexibility index (Phi) is 4.41. The van der Waals surface area contributed by atoms with E-state index in [1.54, 1.807) is 11.8 Å². The maximum Gasteiger partial charge on any atom is 0.217 e. The summed E-state index contributed by atoms with van der Waals surface area (Å²) < 4.78 is 1.95.